The summed E-state index contributed by atoms with van der Waals surface area (Å²) in [5.74, 6) is -0.593. The highest BCUT2D eigenvalue weighted by molar-refractivity contribution is 9.10. The largest absolute Gasteiger partial charge is 0.464 e. The third-order valence-electron chi connectivity index (χ3n) is 3.52. The third-order valence-corrected chi connectivity index (χ3v) is 6.33. The molecule has 2 rings (SSSR count). The summed E-state index contributed by atoms with van der Waals surface area (Å²) in [7, 11) is -0.877. The molecule has 132 valence electrons. The fourth-order valence-electron chi connectivity index (χ4n) is 1.84. The Bertz CT molecular complexity index is 744. The Morgan fingerprint density at radius 1 is 1.33 bits per heavy atom. The summed E-state index contributed by atoms with van der Waals surface area (Å²) in [4.78, 5) is 23.6. The fraction of sp³-hybridized carbons (Fsp3) is 0.467. The molecular formula is C15H19BrN2O5S. The maximum absolute atomic E-state index is 12.2. The summed E-state index contributed by atoms with van der Waals surface area (Å²) in [6.07, 6.45) is 2.14. The number of nitrogens with zero attached hydrogens (tertiary/aromatic N) is 1. The zero-order valence-electron chi connectivity index (χ0n) is 13.4. The van der Waals surface area contributed by atoms with Crippen LogP contribution in [-0.2, 0) is 19.6 Å². The van der Waals surface area contributed by atoms with Gasteiger partial charge in [0.15, 0.2) is 0 Å². The van der Waals surface area contributed by atoms with Crippen molar-refractivity contribution in [2.75, 3.05) is 27.2 Å². The molecule has 0 bridgehead atoms. The molecule has 1 amide bonds. The van der Waals surface area contributed by atoms with E-state index in [0.29, 0.717) is 17.0 Å². The molecule has 1 aromatic carbocycles. The van der Waals surface area contributed by atoms with Gasteiger partial charge in [0.05, 0.1) is 11.5 Å². The predicted octanol–water partition coefficient (Wildman–Crippen LogP) is 1.38. The standard InChI is InChI=1S/C15H19BrN2O5S/c1-18(2)24(21,22)13-7-11(5-6-12(13)16)15(20)17-8-14(19)23-9-10-3-4-10/h5-7,10H,3-4,8-9H2,1-2H3,(H,17,20). The van der Waals surface area contributed by atoms with E-state index in [1.165, 1.54) is 32.3 Å². The number of benzene rings is 1. The number of hydrogen-bond acceptors (Lipinski definition) is 5. The number of rotatable bonds is 7. The molecule has 0 heterocycles. The van der Waals surface area contributed by atoms with Crippen LogP contribution in [0.2, 0.25) is 0 Å². The number of sulfonamides is 1. The van der Waals surface area contributed by atoms with Crippen molar-refractivity contribution >= 4 is 37.8 Å². The first-order valence-corrected chi connectivity index (χ1v) is 9.61. The van der Waals surface area contributed by atoms with Crippen molar-refractivity contribution < 1.29 is 22.7 Å². The maximum atomic E-state index is 12.2. The highest BCUT2D eigenvalue weighted by atomic mass is 79.9. The number of carbonyl (C=O) groups excluding carboxylic acids is 2. The van der Waals surface area contributed by atoms with E-state index >= 15 is 0 Å². The second kappa shape index (κ2) is 7.62. The van der Waals surface area contributed by atoms with E-state index in [-0.39, 0.29) is 17.0 Å². The molecule has 1 fully saturated rings. The lowest BCUT2D eigenvalue weighted by Gasteiger charge is -2.14. The van der Waals surface area contributed by atoms with Crippen LogP contribution in [0.15, 0.2) is 27.6 Å². The molecule has 0 aliphatic heterocycles. The molecule has 0 unspecified atom stereocenters. The van der Waals surface area contributed by atoms with Crippen LogP contribution in [0.5, 0.6) is 0 Å². The number of hydrogen-bond donors (Lipinski definition) is 1. The van der Waals surface area contributed by atoms with Gasteiger partial charge in [0.1, 0.15) is 6.54 Å². The van der Waals surface area contributed by atoms with Crippen LogP contribution in [0.3, 0.4) is 0 Å². The Morgan fingerprint density at radius 3 is 2.58 bits per heavy atom. The smallest absolute Gasteiger partial charge is 0.325 e. The summed E-state index contributed by atoms with van der Waals surface area (Å²) in [5.41, 5.74) is 0.147. The molecule has 0 saturated heterocycles. The number of carbonyl (C=O) groups is 2. The van der Waals surface area contributed by atoms with Crippen molar-refractivity contribution in [3.8, 4) is 0 Å². The molecule has 1 aromatic rings. The second-order valence-electron chi connectivity index (χ2n) is 5.74. The number of ether oxygens (including phenoxy) is 1. The minimum absolute atomic E-state index is 0.0172. The van der Waals surface area contributed by atoms with Gasteiger partial charge in [-0.15, -0.1) is 0 Å². The average Bonchev–Trinajstić information content (AvgIpc) is 3.35. The van der Waals surface area contributed by atoms with Gasteiger partial charge in [-0.05, 0) is 52.9 Å². The van der Waals surface area contributed by atoms with Crippen LogP contribution in [-0.4, -0.2) is 51.8 Å². The van der Waals surface area contributed by atoms with E-state index < -0.39 is 21.9 Å². The van der Waals surface area contributed by atoms with E-state index in [9.17, 15) is 18.0 Å². The Morgan fingerprint density at radius 2 is 2.00 bits per heavy atom. The van der Waals surface area contributed by atoms with Crippen molar-refractivity contribution in [3.05, 3.63) is 28.2 Å². The van der Waals surface area contributed by atoms with E-state index in [2.05, 4.69) is 21.2 Å². The molecule has 0 radical (unpaired) electrons. The highest BCUT2D eigenvalue weighted by Gasteiger charge is 2.24. The lowest BCUT2D eigenvalue weighted by Crippen LogP contribution is -2.31. The van der Waals surface area contributed by atoms with Crippen LogP contribution in [0.1, 0.15) is 23.2 Å². The van der Waals surface area contributed by atoms with E-state index in [4.69, 9.17) is 4.74 Å². The van der Waals surface area contributed by atoms with Gasteiger partial charge >= 0.3 is 5.97 Å². The number of halogens is 1. The van der Waals surface area contributed by atoms with Crippen LogP contribution in [0, 0.1) is 5.92 Å². The number of nitrogens with one attached hydrogen (secondary N) is 1. The number of amides is 1. The quantitative estimate of drug-likeness (QED) is 0.675. The van der Waals surface area contributed by atoms with Crippen molar-refractivity contribution in [2.45, 2.75) is 17.7 Å². The zero-order valence-corrected chi connectivity index (χ0v) is 15.8. The summed E-state index contributed by atoms with van der Waals surface area (Å²) in [5, 5.41) is 2.43. The molecule has 1 aliphatic carbocycles. The van der Waals surface area contributed by atoms with Crippen LogP contribution < -0.4 is 5.32 Å². The summed E-state index contributed by atoms with van der Waals surface area (Å²) < 4.78 is 30.9. The molecule has 24 heavy (non-hydrogen) atoms. The molecule has 9 heteroatoms. The topological polar surface area (TPSA) is 92.8 Å². The SMILES string of the molecule is CN(C)S(=O)(=O)c1cc(C(=O)NCC(=O)OCC2CC2)ccc1Br. The van der Waals surface area contributed by atoms with Crippen molar-refractivity contribution in [3.63, 3.8) is 0 Å². The molecular weight excluding hydrogens is 400 g/mol. The van der Waals surface area contributed by atoms with Gasteiger partial charge in [0.2, 0.25) is 10.0 Å². The second-order valence-corrected chi connectivity index (χ2v) is 8.72. The lowest BCUT2D eigenvalue weighted by molar-refractivity contribution is -0.142. The molecule has 0 aromatic heterocycles. The highest BCUT2D eigenvalue weighted by Crippen LogP contribution is 2.28. The van der Waals surface area contributed by atoms with E-state index in [0.717, 1.165) is 17.1 Å². The maximum Gasteiger partial charge on any atom is 0.325 e. The first-order valence-electron chi connectivity index (χ1n) is 7.37. The minimum atomic E-state index is -3.69. The van der Waals surface area contributed by atoms with Crippen LogP contribution in [0.4, 0.5) is 0 Å². The first-order chi connectivity index (χ1) is 11.2. The molecule has 1 aliphatic rings. The van der Waals surface area contributed by atoms with Gasteiger partial charge in [-0.1, -0.05) is 0 Å². The predicted molar refractivity (Wildman–Crippen MR) is 91.0 cm³/mol. The van der Waals surface area contributed by atoms with E-state index in [1.54, 1.807) is 0 Å². The van der Waals surface area contributed by atoms with Gasteiger partial charge in [-0.25, -0.2) is 12.7 Å². The zero-order chi connectivity index (χ0) is 17.9. The molecule has 0 atom stereocenters. The Hall–Kier alpha value is -1.45. The Kier molecular flexibility index (Phi) is 6.00. The van der Waals surface area contributed by atoms with Gasteiger partial charge < -0.3 is 10.1 Å². The molecule has 1 saturated carbocycles. The minimum Gasteiger partial charge on any atom is -0.464 e. The summed E-state index contributed by atoms with van der Waals surface area (Å²) in [6.45, 7) is 0.135. The lowest BCUT2D eigenvalue weighted by atomic mass is 10.2. The van der Waals surface area contributed by atoms with Crippen LogP contribution >= 0.6 is 15.9 Å². The third kappa shape index (κ3) is 4.78. The number of esters is 1. The Balaban J connectivity index is 2.02. The first kappa shape index (κ1) is 18.9. The van der Waals surface area contributed by atoms with Gasteiger partial charge in [0.25, 0.3) is 5.91 Å². The average molecular weight is 419 g/mol. The van der Waals surface area contributed by atoms with Gasteiger partial charge in [0, 0.05) is 24.1 Å². The van der Waals surface area contributed by atoms with Crippen molar-refractivity contribution in [2.24, 2.45) is 5.92 Å². The van der Waals surface area contributed by atoms with E-state index in [1.807, 2.05) is 0 Å². The Labute approximate surface area is 149 Å². The van der Waals surface area contributed by atoms with Crippen LogP contribution in [0.25, 0.3) is 0 Å². The fourth-order valence-corrected chi connectivity index (χ4v) is 3.68. The van der Waals surface area contributed by atoms with Gasteiger partial charge in [-0.3, -0.25) is 9.59 Å². The molecule has 1 N–H and O–H groups in total. The molecule has 7 nitrogen and oxygen atoms in total. The summed E-state index contributed by atoms with van der Waals surface area (Å²) in [6, 6.07) is 4.23. The molecule has 0 spiro atoms. The normalized spacial score (nSPS) is 14.5. The summed E-state index contributed by atoms with van der Waals surface area (Å²) >= 11 is 3.17. The van der Waals surface area contributed by atoms with Gasteiger partial charge in [-0.2, -0.15) is 0 Å². The van der Waals surface area contributed by atoms with Crippen molar-refractivity contribution in [1.29, 1.82) is 0 Å². The monoisotopic (exact) mass is 418 g/mol. The van der Waals surface area contributed by atoms with Crippen molar-refractivity contribution in [1.82, 2.24) is 9.62 Å².